The third-order valence-electron chi connectivity index (χ3n) is 7.42. The molecule has 0 N–H and O–H groups in total. The Hall–Kier alpha value is -3.00. The molecule has 4 heterocycles. The summed E-state index contributed by atoms with van der Waals surface area (Å²) in [4.78, 5) is 37.0. The summed E-state index contributed by atoms with van der Waals surface area (Å²) in [7, 11) is 1.73. The Morgan fingerprint density at radius 2 is 1.79 bits per heavy atom. The average molecular weight is 450 g/mol. The van der Waals surface area contributed by atoms with E-state index >= 15 is 0 Å². The summed E-state index contributed by atoms with van der Waals surface area (Å²) >= 11 is 0. The van der Waals surface area contributed by atoms with Crippen molar-refractivity contribution in [2.75, 3.05) is 33.2 Å². The number of hydrogen-bond acceptors (Lipinski definition) is 4. The molecule has 0 saturated carbocycles. The second-order valence-corrected chi connectivity index (χ2v) is 9.26. The number of aromatic nitrogens is 2. The van der Waals surface area contributed by atoms with E-state index in [1.807, 2.05) is 23.6 Å². The standard InChI is InChI=1S/C25H33N6O2/c1-5-19-11-7-8-12-20(19)30-17(2)18(3)31-21-22(26-24(30)31)27(4)25(33)29(23(21)32)16-15-28-13-9-6-10-14-28/h7-8,11-12,21H,5-6,9-10,13-16H2,1-4H3/q+1. The van der Waals surface area contributed by atoms with E-state index in [-0.39, 0.29) is 11.9 Å². The zero-order valence-corrected chi connectivity index (χ0v) is 20.0. The highest BCUT2D eigenvalue weighted by Crippen LogP contribution is 2.34. The number of imidazole rings is 1. The number of hydrogen-bond donors (Lipinski definition) is 0. The smallest absolute Gasteiger partial charge is 0.302 e. The van der Waals surface area contributed by atoms with Crippen LogP contribution in [0.1, 0.15) is 49.2 Å². The minimum atomic E-state index is -0.599. The number of carbonyl (C=O) groups is 2. The maximum absolute atomic E-state index is 13.7. The van der Waals surface area contributed by atoms with Crippen molar-refractivity contribution in [3.8, 4) is 5.69 Å². The number of nitrogens with zero attached hydrogens (tertiary/aromatic N) is 6. The molecule has 3 aliphatic heterocycles. The van der Waals surface area contributed by atoms with E-state index < -0.39 is 6.04 Å². The predicted octanol–water partition coefficient (Wildman–Crippen LogP) is 2.91. The monoisotopic (exact) mass is 449 g/mol. The van der Waals surface area contributed by atoms with E-state index in [0.717, 1.165) is 43.1 Å². The molecule has 0 radical (unpaired) electrons. The molecule has 3 aliphatic rings. The van der Waals surface area contributed by atoms with Crippen molar-refractivity contribution >= 4 is 23.7 Å². The quantitative estimate of drug-likeness (QED) is 0.660. The van der Waals surface area contributed by atoms with Crippen LogP contribution in [-0.4, -0.2) is 70.3 Å². The number of para-hydroxylation sites is 1. The number of carbonyl (C=O) groups excluding carboxylic acids is 2. The number of imide groups is 1. The summed E-state index contributed by atoms with van der Waals surface area (Å²) < 4.78 is 4.14. The van der Waals surface area contributed by atoms with Crippen molar-refractivity contribution in [2.24, 2.45) is 4.99 Å². The zero-order valence-electron chi connectivity index (χ0n) is 20.0. The van der Waals surface area contributed by atoms with Gasteiger partial charge in [-0.3, -0.25) is 14.6 Å². The van der Waals surface area contributed by atoms with Gasteiger partial charge in [0.25, 0.3) is 5.91 Å². The minimum Gasteiger partial charge on any atom is -0.302 e. The first-order valence-corrected chi connectivity index (χ1v) is 12.1. The van der Waals surface area contributed by atoms with Crippen LogP contribution in [0.15, 0.2) is 29.3 Å². The van der Waals surface area contributed by atoms with Gasteiger partial charge < -0.3 is 4.90 Å². The topological polar surface area (TPSA) is 65.0 Å². The summed E-state index contributed by atoms with van der Waals surface area (Å²) in [6, 6.07) is 7.41. The van der Waals surface area contributed by atoms with Crippen LogP contribution >= 0.6 is 0 Å². The van der Waals surface area contributed by atoms with Crippen molar-refractivity contribution in [3.63, 3.8) is 0 Å². The fraction of sp³-hybridized carbons (Fsp3) is 0.520. The zero-order chi connectivity index (χ0) is 23.3. The summed E-state index contributed by atoms with van der Waals surface area (Å²) in [5.41, 5.74) is 4.33. The molecule has 33 heavy (non-hydrogen) atoms. The molecule has 5 rings (SSSR count). The highest BCUT2D eigenvalue weighted by Gasteiger charge is 2.54. The number of amides is 3. The lowest BCUT2D eigenvalue weighted by atomic mass is 10.1. The SMILES string of the molecule is CCc1ccccc1-n1c(C)c(C)[n+]2c1N=C1C2C(=O)N(CCN2CCCCC2)C(=O)N1C. The van der Waals surface area contributed by atoms with Crippen LogP contribution in [0.3, 0.4) is 0 Å². The molecule has 3 amide bonds. The number of piperidine rings is 1. The molecule has 1 atom stereocenters. The van der Waals surface area contributed by atoms with Crippen molar-refractivity contribution in [2.45, 2.75) is 52.5 Å². The van der Waals surface area contributed by atoms with Gasteiger partial charge in [-0.1, -0.05) is 36.5 Å². The number of aryl methyl sites for hydroxylation is 1. The van der Waals surface area contributed by atoms with Gasteiger partial charge in [-0.05, 0) is 57.8 Å². The molecule has 8 heteroatoms. The third-order valence-corrected chi connectivity index (χ3v) is 7.42. The van der Waals surface area contributed by atoms with E-state index in [0.29, 0.717) is 18.3 Å². The Morgan fingerprint density at radius 3 is 2.52 bits per heavy atom. The maximum Gasteiger partial charge on any atom is 0.407 e. The second kappa shape index (κ2) is 8.41. The molecular formula is C25H33N6O2+. The Bertz CT molecular complexity index is 1140. The number of benzene rings is 1. The second-order valence-electron chi connectivity index (χ2n) is 9.26. The first-order valence-electron chi connectivity index (χ1n) is 12.1. The first kappa shape index (κ1) is 21.8. The van der Waals surface area contributed by atoms with Crippen LogP contribution in [0.4, 0.5) is 10.7 Å². The number of urea groups is 1. The Kier molecular flexibility index (Phi) is 5.56. The fourth-order valence-corrected chi connectivity index (χ4v) is 5.38. The molecule has 2 aromatic rings. The Labute approximate surface area is 195 Å². The molecule has 2 saturated heterocycles. The number of amidine groups is 1. The number of aliphatic imine (C=N–C) groups is 1. The van der Waals surface area contributed by atoms with Gasteiger partial charge in [0.15, 0.2) is 0 Å². The highest BCUT2D eigenvalue weighted by atomic mass is 16.2. The lowest BCUT2D eigenvalue weighted by Crippen LogP contribution is -2.64. The number of likely N-dealkylation sites (tertiary alicyclic amines) is 1. The largest absolute Gasteiger partial charge is 0.407 e. The summed E-state index contributed by atoms with van der Waals surface area (Å²) in [6.07, 6.45) is 4.53. The van der Waals surface area contributed by atoms with Crippen LogP contribution in [0.25, 0.3) is 5.69 Å². The molecule has 1 aromatic heterocycles. The summed E-state index contributed by atoms with van der Waals surface area (Å²) in [5.74, 6) is 1.04. The van der Waals surface area contributed by atoms with Gasteiger partial charge in [-0.15, -0.1) is 0 Å². The summed E-state index contributed by atoms with van der Waals surface area (Å²) in [6.45, 7) is 9.46. The van der Waals surface area contributed by atoms with E-state index in [9.17, 15) is 9.59 Å². The fourth-order valence-electron chi connectivity index (χ4n) is 5.38. The van der Waals surface area contributed by atoms with Crippen LogP contribution in [0.2, 0.25) is 0 Å². The van der Waals surface area contributed by atoms with Crippen molar-refractivity contribution in [1.29, 1.82) is 0 Å². The normalized spacial score (nSPS) is 20.8. The number of likely N-dealkylation sites (N-methyl/N-ethyl adjacent to an activating group) is 1. The van der Waals surface area contributed by atoms with E-state index in [1.165, 1.54) is 29.7 Å². The molecule has 0 aliphatic carbocycles. The first-order chi connectivity index (χ1) is 15.9. The van der Waals surface area contributed by atoms with Crippen LogP contribution < -0.4 is 4.57 Å². The van der Waals surface area contributed by atoms with Gasteiger partial charge >= 0.3 is 12.0 Å². The molecular weight excluding hydrogens is 416 g/mol. The molecule has 8 nitrogen and oxygen atoms in total. The van der Waals surface area contributed by atoms with Crippen LogP contribution in [0.5, 0.6) is 0 Å². The van der Waals surface area contributed by atoms with Crippen LogP contribution in [0, 0.1) is 13.8 Å². The van der Waals surface area contributed by atoms with Crippen molar-refractivity contribution in [1.82, 2.24) is 19.3 Å². The van der Waals surface area contributed by atoms with E-state index in [2.05, 4.69) is 35.4 Å². The third kappa shape index (κ3) is 3.39. The van der Waals surface area contributed by atoms with Gasteiger partial charge in [-0.25, -0.2) is 9.36 Å². The van der Waals surface area contributed by atoms with E-state index in [4.69, 9.17) is 4.99 Å². The lowest BCUT2D eigenvalue weighted by molar-refractivity contribution is -0.682. The highest BCUT2D eigenvalue weighted by molar-refractivity contribution is 6.19. The molecule has 2 fully saturated rings. The lowest BCUT2D eigenvalue weighted by Gasteiger charge is -2.35. The van der Waals surface area contributed by atoms with Gasteiger partial charge in [0, 0.05) is 20.1 Å². The minimum absolute atomic E-state index is 0.179. The molecule has 1 aromatic carbocycles. The van der Waals surface area contributed by atoms with Crippen molar-refractivity contribution < 1.29 is 14.2 Å². The Morgan fingerprint density at radius 1 is 1.06 bits per heavy atom. The number of rotatable bonds is 5. The maximum atomic E-state index is 13.7. The van der Waals surface area contributed by atoms with Crippen molar-refractivity contribution in [3.05, 3.63) is 41.2 Å². The molecule has 1 unspecified atom stereocenters. The van der Waals surface area contributed by atoms with Gasteiger partial charge in [-0.2, -0.15) is 4.57 Å². The Balaban J connectivity index is 1.52. The summed E-state index contributed by atoms with van der Waals surface area (Å²) in [5, 5.41) is 0. The average Bonchev–Trinajstić information content (AvgIpc) is 3.33. The molecule has 0 spiro atoms. The molecule has 0 bridgehead atoms. The molecule has 174 valence electrons. The van der Waals surface area contributed by atoms with Crippen LogP contribution in [-0.2, 0) is 11.2 Å². The number of fused-ring (bicyclic) bond motifs is 3. The van der Waals surface area contributed by atoms with Gasteiger partial charge in [0.1, 0.15) is 17.1 Å². The van der Waals surface area contributed by atoms with Gasteiger partial charge in [0.05, 0.1) is 0 Å². The predicted molar refractivity (Wildman–Crippen MR) is 126 cm³/mol. The van der Waals surface area contributed by atoms with Gasteiger partial charge in [0.2, 0.25) is 11.9 Å². The van der Waals surface area contributed by atoms with E-state index in [1.54, 1.807) is 11.9 Å².